The second-order valence-electron chi connectivity index (χ2n) is 7.54. The van der Waals surface area contributed by atoms with E-state index in [0.717, 1.165) is 38.2 Å². The van der Waals surface area contributed by atoms with Crippen LogP contribution in [0.4, 0.5) is 4.39 Å². The highest BCUT2D eigenvalue weighted by molar-refractivity contribution is 6.09. The molecule has 0 unspecified atom stereocenters. The van der Waals surface area contributed by atoms with Crippen LogP contribution in [0.15, 0.2) is 42.5 Å². The summed E-state index contributed by atoms with van der Waals surface area (Å²) in [5.74, 6) is -0.821. The number of benzene rings is 2. The Morgan fingerprint density at radius 2 is 1.72 bits per heavy atom. The van der Waals surface area contributed by atoms with Crippen LogP contribution in [0, 0.1) is 18.2 Å². The first-order chi connectivity index (χ1) is 15.3. The molecule has 0 spiro atoms. The van der Waals surface area contributed by atoms with E-state index in [4.69, 9.17) is 11.1 Å². The van der Waals surface area contributed by atoms with E-state index in [1.165, 1.54) is 18.9 Å². The van der Waals surface area contributed by atoms with Crippen LogP contribution < -0.4 is 11.1 Å². The number of unbranched alkanes of at least 4 members (excludes halogenated alkanes) is 1. The fourth-order valence-corrected chi connectivity index (χ4v) is 2.86. The molecule has 0 atom stereocenters. The topological polar surface area (TPSA) is 99.3 Å². The highest BCUT2D eigenvalue weighted by Crippen LogP contribution is 2.15. The SMILES string of the molecule is CCCC.Cc1cc(CC(=N)c2ccccc2C(N)=O)ccc1F.O=CN1CCNCC1. The maximum atomic E-state index is 13.2. The summed E-state index contributed by atoms with van der Waals surface area (Å²) in [5, 5.41) is 11.3. The molecule has 2 aromatic carbocycles. The van der Waals surface area contributed by atoms with E-state index in [2.05, 4.69) is 19.2 Å². The summed E-state index contributed by atoms with van der Waals surface area (Å²) in [7, 11) is 0. The van der Waals surface area contributed by atoms with Gasteiger partial charge in [0.2, 0.25) is 12.3 Å². The minimum atomic E-state index is -0.555. The van der Waals surface area contributed by atoms with Crippen molar-refractivity contribution in [1.29, 1.82) is 5.41 Å². The number of aryl methyl sites for hydroxylation is 1. The lowest BCUT2D eigenvalue weighted by Crippen LogP contribution is -2.42. The van der Waals surface area contributed by atoms with Gasteiger partial charge in [-0.2, -0.15) is 0 Å². The van der Waals surface area contributed by atoms with Gasteiger partial charge in [0.05, 0.1) is 0 Å². The molecule has 0 saturated carbocycles. The molecule has 3 rings (SSSR count). The fourth-order valence-electron chi connectivity index (χ4n) is 2.86. The second-order valence-corrected chi connectivity index (χ2v) is 7.54. The third-order valence-electron chi connectivity index (χ3n) is 4.92. The number of nitrogens with zero attached hydrogens (tertiary/aromatic N) is 1. The summed E-state index contributed by atoms with van der Waals surface area (Å²) < 4.78 is 13.2. The molecule has 4 N–H and O–H groups in total. The van der Waals surface area contributed by atoms with Crippen molar-refractivity contribution >= 4 is 18.0 Å². The van der Waals surface area contributed by atoms with Crippen molar-refractivity contribution in [1.82, 2.24) is 10.2 Å². The quantitative estimate of drug-likeness (QED) is 0.470. The van der Waals surface area contributed by atoms with E-state index in [0.29, 0.717) is 23.1 Å². The maximum absolute atomic E-state index is 13.2. The number of carbonyl (C=O) groups excluding carboxylic acids is 2. The van der Waals surface area contributed by atoms with Gasteiger partial charge in [-0.3, -0.25) is 9.59 Å². The maximum Gasteiger partial charge on any atom is 0.249 e. The average Bonchev–Trinajstić information content (AvgIpc) is 2.82. The Labute approximate surface area is 190 Å². The Balaban J connectivity index is 0.000000350. The van der Waals surface area contributed by atoms with Gasteiger partial charge in [0.1, 0.15) is 5.82 Å². The monoisotopic (exact) mass is 442 g/mol. The van der Waals surface area contributed by atoms with Crippen molar-refractivity contribution in [3.05, 3.63) is 70.5 Å². The molecular weight excluding hydrogens is 407 g/mol. The van der Waals surface area contributed by atoms with Gasteiger partial charge in [-0.25, -0.2) is 4.39 Å². The number of carbonyl (C=O) groups is 2. The van der Waals surface area contributed by atoms with Gasteiger partial charge in [-0.05, 0) is 30.2 Å². The third-order valence-corrected chi connectivity index (χ3v) is 4.92. The molecule has 1 saturated heterocycles. The standard InChI is InChI=1S/C16H15FN2O.C5H10N2O.C4H10/c1-10-8-11(6-7-14(10)17)9-15(18)12-4-2-3-5-13(12)16(19)20;8-5-7-3-1-6-2-4-7;1-3-4-2/h2-8,18H,9H2,1H3,(H2,19,20);5-6H,1-4H2;3-4H2,1-2H3. The number of hydrogen-bond donors (Lipinski definition) is 3. The molecule has 0 bridgehead atoms. The van der Waals surface area contributed by atoms with Crippen LogP contribution in [0.3, 0.4) is 0 Å². The van der Waals surface area contributed by atoms with Gasteiger partial charge in [0.15, 0.2) is 0 Å². The van der Waals surface area contributed by atoms with Crippen molar-refractivity contribution in [3.63, 3.8) is 0 Å². The molecule has 0 radical (unpaired) electrons. The Morgan fingerprint density at radius 1 is 1.12 bits per heavy atom. The minimum Gasteiger partial charge on any atom is -0.366 e. The highest BCUT2D eigenvalue weighted by Gasteiger charge is 2.12. The third kappa shape index (κ3) is 9.39. The number of nitrogens with two attached hydrogens (primary N) is 1. The molecule has 0 aliphatic carbocycles. The first-order valence-corrected chi connectivity index (χ1v) is 11.0. The van der Waals surface area contributed by atoms with Crippen LogP contribution in [-0.2, 0) is 11.2 Å². The van der Waals surface area contributed by atoms with Gasteiger partial charge in [0.25, 0.3) is 0 Å². The number of halogens is 1. The minimum absolute atomic E-state index is 0.266. The van der Waals surface area contributed by atoms with E-state index in [-0.39, 0.29) is 11.5 Å². The number of amides is 2. The lowest BCUT2D eigenvalue weighted by atomic mass is 9.97. The molecular formula is C25H35FN4O2. The number of hydrogen-bond acceptors (Lipinski definition) is 4. The molecule has 6 nitrogen and oxygen atoms in total. The average molecular weight is 443 g/mol. The summed E-state index contributed by atoms with van der Waals surface area (Å²) in [5.41, 5.74) is 7.80. The lowest BCUT2D eigenvalue weighted by molar-refractivity contribution is -0.118. The van der Waals surface area contributed by atoms with E-state index in [1.807, 2.05) is 0 Å². The van der Waals surface area contributed by atoms with Crippen LogP contribution in [-0.4, -0.2) is 49.1 Å². The van der Waals surface area contributed by atoms with Crippen LogP contribution in [0.1, 0.15) is 53.7 Å². The van der Waals surface area contributed by atoms with Gasteiger partial charge < -0.3 is 21.4 Å². The van der Waals surface area contributed by atoms with Gasteiger partial charge >= 0.3 is 0 Å². The summed E-state index contributed by atoms with van der Waals surface area (Å²) in [6.45, 7) is 9.66. The number of piperazine rings is 1. The summed E-state index contributed by atoms with van der Waals surface area (Å²) in [6.07, 6.45) is 3.87. The normalized spacial score (nSPS) is 12.6. The number of rotatable bonds is 6. The van der Waals surface area contributed by atoms with E-state index >= 15 is 0 Å². The van der Waals surface area contributed by atoms with Gasteiger partial charge in [-0.1, -0.05) is 57.0 Å². The zero-order valence-electron chi connectivity index (χ0n) is 19.3. The van der Waals surface area contributed by atoms with Crippen LogP contribution >= 0.6 is 0 Å². The molecule has 32 heavy (non-hydrogen) atoms. The van der Waals surface area contributed by atoms with E-state index < -0.39 is 5.91 Å². The Bertz CT molecular complexity index is 878. The Morgan fingerprint density at radius 3 is 2.19 bits per heavy atom. The number of nitrogens with one attached hydrogen (secondary N) is 2. The molecule has 1 aliphatic heterocycles. The van der Waals surface area contributed by atoms with E-state index in [1.54, 1.807) is 48.2 Å². The zero-order chi connectivity index (χ0) is 23.9. The molecule has 0 aromatic heterocycles. The Hall–Kier alpha value is -3.06. The number of primary amides is 1. The summed E-state index contributed by atoms with van der Waals surface area (Å²) in [4.78, 5) is 23.2. The Kier molecular flexibility index (Phi) is 12.5. The highest BCUT2D eigenvalue weighted by atomic mass is 19.1. The van der Waals surface area contributed by atoms with Crippen LogP contribution in [0.25, 0.3) is 0 Å². The van der Waals surface area contributed by atoms with Crippen molar-refractivity contribution in [2.45, 2.75) is 40.0 Å². The van der Waals surface area contributed by atoms with Crippen molar-refractivity contribution in [2.75, 3.05) is 26.2 Å². The van der Waals surface area contributed by atoms with E-state index in [9.17, 15) is 14.0 Å². The molecule has 1 aliphatic rings. The predicted molar refractivity (Wildman–Crippen MR) is 128 cm³/mol. The predicted octanol–water partition coefficient (Wildman–Crippen LogP) is 3.70. The lowest BCUT2D eigenvalue weighted by Gasteiger charge is -2.22. The fraction of sp³-hybridized carbons (Fsp3) is 0.400. The zero-order valence-corrected chi connectivity index (χ0v) is 19.3. The van der Waals surface area contributed by atoms with Crippen LogP contribution in [0.2, 0.25) is 0 Å². The molecule has 7 heteroatoms. The molecule has 1 fully saturated rings. The summed E-state index contributed by atoms with van der Waals surface area (Å²) >= 11 is 0. The van der Waals surface area contributed by atoms with Crippen molar-refractivity contribution < 1.29 is 14.0 Å². The molecule has 2 aromatic rings. The largest absolute Gasteiger partial charge is 0.366 e. The van der Waals surface area contributed by atoms with Crippen molar-refractivity contribution in [2.24, 2.45) is 5.73 Å². The van der Waals surface area contributed by atoms with Gasteiger partial charge in [0, 0.05) is 49.4 Å². The first-order valence-electron chi connectivity index (χ1n) is 11.0. The smallest absolute Gasteiger partial charge is 0.249 e. The van der Waals surface area contributed by atoms with Gasteiger partial charge in [-0.15, -0.1) is 0 Å². The van der Waals surface area contributed by atoms with Crippen molar-refractivity contribution in [3.8, 4) is 0 Å². The van der Waals surface area contributed by atoms with Crippen LogP contribution in [0.5, 0.6) is 0 Å². The second kappa shape index (κ2) is 14.9. The molecule has 1 heterocycles. The summed E-state index contributed by atoms with van der Waals surface area (Å²) in [6, 6.07) is 11.5. The molecule has 2 amide bonds. The first kappa shape index (κ1) is 27.0. The molecule has 174 valence electrons.